The van der Waals surface area contributed by atoms with Crippen molar-refractivity contribution in [2.45, 2.75) is 19.4 Å². The summed E-state index contributed by atoms with van der Waals surface area (Å²) in [6, 6.07) is 9.45. The van der Waals surface area contributed by atoms with E-state index in [1.54, 1.807) is 13.3 Å². The topological polar surface area (TPSA) is 34.1 Å². The predicted octanol–water partition coefficient (Wildman–Crippen LogP) is 4.60. The zero-order valence-corrected chi connectivity index (χ0v) is 14.4. The molecule has 0 aliphatic carbocycles. The molecule has 1 N–H and O–H groups in total. The molecule has 0 amide bonds. The summed E-state index contributed by atoms with van der Waals surface area (Å²) in [6.07, 6.45) is 2.82. The molecule has 5 heteroatoms. The SMILES string of the molecule is CCCNC(c1cc(Cl)ccc1OC)c1ncccc1Br. The summed E-state index contributed by atoms with van der Waals surface area (Å²) in [7, 11) is 1.66. The van der Waals surface area contributed by atoms with Crippen LogP contribution < -0.4 is 10.1 Å². The Bertz CT molecular complexity index is 607. The van der Waals surface area contributed by atoms with Crippen molar-refractivity contribution in [2.75, 3.05) is 13.7 Å². The van der Waals surface area contributed by atoms with E-state index in [0.29, 0.717) is 5.02 Å². The number of aromatic nitrogens is 1. The van der Waals surface area contributed by atoms with E-state index in [-0.39, 0.29) is 6.04 Å². The zero-order chi connectivity index (χ0) is 15.2. The normalized spacial score (nSPS) is 12.2. The van der Waals surface area contributed by atoms with Crippen molar-refractivity contribution < 1.29 is 4.74 Å². The van der Waals surface area contributed by atoms with Crippen molar-refractivity contribution in [3.63, 3.8) is 0 Å². The number of methoxy groups -OCH3 is 1. The molecule has 112 valence electrons. The van der Waals surface area contributed by atoms with Crippen LogP contribution >= 0.6 is 27.5 Å². The van der Waals surface area contributed by atoms with Gasteiger partial charge in [-0.25, -0.2) is 0 Å². The molecule has 1 atom stereocenters. The summed E-state index contributed by atoms with van der Waals surface area (Å²) < 4.78 is 6.44. The Hall–Kier alpha value is -1.10. The molecule has 0 aliphatic rings. The summed E-state index contributed by atoms with van der Waals surface area (Å²) in [5.41, 5.74) is 1.91. The van der Waals surface area contributed by atoms with Gasteiger partial charge in [0.25, 0.3) is 0 Å². The van der Waals surface area contributed by atoms with Gasteiger partial charge in [-0.3, -0.25) is 4.98 Å². The lowest BCUT2D eigenvalue weighted by molar-refractivity contribution is 0.403. The Morgan fingerprint density at radius 2 is 2.19 bits per heavy atom. The highest BCUT2D eigenvalue weighted by Crippen LogP contribution is 2.34. The number of nitrogens with zero attached hydrogens (tertiary/aromatic N) is 1. The van der Waals surface area contributed by atoms with Gasteiger partial charge in [0.1, 0.15) is 5.75 Å². The maximum atomic E-state index is 6.16. The molecule has 1 aromatic heterocycles. The van der Waals surface area contributed by atoms with Gasteiger partial charge in [-0.15, -0.1) is 0 Å². The van der Waals surface area contributed by atoms with Gasteiger partial charge in [0.2, 0.25) is 0 Å². The van der Waals surface area contributed by atoms with Gasteiger partial charge in [-0.05, 0) is 59.2 Å². The number of hydrogen-bond acceptors (Lipinski definition) is 3. The van der Waals surface area contributed by atoms with Crippen molar-refractivity contribution in [1.29, 1.82) is 0 Å². The van der Waals surface area contributed by atoms with Crippen LogP contribution in [0.3, 0.4) is 0 Å². The second kappa shape index (κ2) is 7.78. The number of halogens is 2. The van der Waals surface area contributed by atoms with Crippen LogP contribution in [0.5, 0.6) is 5.75 Å². The highest BCUT2D eigenvalue weighted by atomic mass is 79.9. The molecule has 1 heterocycles. The number of nitrogens with one attached hydrogen (secondary N) is 1. The Kier molecular flexibility index (Phi) is 6.03. The molecule has 0 spiro atoms. The van der Waals surface area contributed by atoms with Crippen molar-refractivity contribution in [3.8, 4) is 5.75 Å². The first-order chi connectivity index (χ1) is 10.2. The molecule has 21 heavy (non-hydrogen) atoms. The van der Waals surface area contributed by atoms with Crippen LogP contribution in [-0.2, 0) is 0 Å². The molecule has 0 saturated carbocycles. The summed E-state index contributed by atoms with van der Waals surface area (Å²) in [5, 5.41) is 4.20. The van der Waals surface area contributed by atoms with Gasteiger partial charge in [0, 0.05) is 21.3 Å². The third-order valence-electron chi connectivity index (χ3n) is 3.16. The lowest BCUT2D eigenvalue weighted by Crippen LogP contribution is -2.25. The van der Waals surface area contributed by atoms with E-state index in [1.807, 2.05) is 30.3 Å². The monoisotopic (exact) mass is 368 g/mol. The van der Waals surface area contributed by atoms with Gasteiger partial charge in [0.05, 0.1) is 18.8 Å². The maximum Gasteiger partial charge on any atom is 0.124 e. The highest BCUT2D eigenvalue weighted by Gasteiger charge is 2.21. The molecule has 0 fully saturated rings. The molecular formula is C16H18BrClN2O. The van der Waals surface area contributed by atoms with Gasteiger partial charge in [0.15, 0.2) is 0 Å². The van der Waals surface area contributed by atoms with Crippen LogP contribution in [0.4, 0.5) is 0 Å². The lowest BCUT2D eigenvalue weighted by Gasteiger charge is -2.22. The number of benzene rings is 1. The van der Waals surface area contributed by atoms with Gasteiger partial charge in [-0.1, -0.05) is 18.5 Å². The summed E-state index contributed by atoms with van der Waals surface area (Å²) >= 11 is 9.74. The van der Waals surface area contributed by atoms with E-state index in [4.69, 9.17) is 16.3 Å². The van der Waals surface area contributed by atoms with E-state index < -0.39 is 0 Å². The molecule has 0 bridgehead atoms. The van der Waals surface area contributed by atoms with Gasteiger partial charge < -0.3 is 10.1 Å². The standard InChI is InChI=1S/C16H18BrClN2O/c1-3-8-19-15(16-13(17)5-4-9-20-16)12-10-11(18)6-7-14(12)21-2/h4-7,9-10,15,19H,3,8H2,1-2H3. The third-order valence-corrected chi connectivity index (χ3v) is 4.07. The Morgan fingerprint density at radius 1 is 1.38 bits per heavy atom. The second-order valence-corrected chi connectivity index (χ2v) is 5.93. The zero-order valence-electron chi connectivity index (χ0n) is 12.1. The van der Waals surface area contributed by atoms with Crippen LogP contribution in [0.15, 0.2) is 41.0 Å². The summed E-state index contributed by atoms with van der Waals surface area (Å²) in [6.45, 7) is 3.01. The quantitative estimate of drug-likeness (QED) is 0.808. The molecular weight excluding hydrogens is 352 g/mol. The number of ether oxygens (including phenoxy) is 1. The third kappa shape index (κ3) is 3.96. The van der Waals surface area contributed by atoms with Crippen LogP contribution in [0, 0.1) is 0 Å². The molecule has 0 radical (unpaired) electrons. The maximum absolute atomic E-state index is 6.16. The first-order valence-corrected chi connectivity index (χ1v) is 8.01. The number of hydrogen-bond donors (Lipinski definition) is 1. The molecule has 0 saturated heterocycles. The average molecular weight is 370 g/mol. The van der Waals surface area contributed by atoms with E-state index in [9.17, 15) is 0 Å². The Labute approximate surface area is 138 Å². The van der Waals surface area contributed by atoms with Crippen molar-refractivity contribution >= 4 is 27.5 Å². The largest absolute Gasteiger partial charge is 0.496 e. The molecule has 2 aromatic rings. The van der Waals surface area contributed by atoms with Crippen LogP contribution in [0.2, 0.25) is 5.02 Å². The lowest BCUT2D eigenvalue weighted by atomic mass is 10.0. The van der Waals surface area contributed by atoms with E-state index >= 15 is 0 Å². The summed E-state index contributed by atoms with van der Waals surface area (Å²) in [5.74, 6) is 0.797. The minimum atomic E-state index is -0.0748. The minimum Gasteiger partial charge on any atom is -0.496 e. The van der Waals surface area contributed by atoms with Gasteiger partial charge in [-0.2, -0.15) is 0 Å². The van der Waals surface area contributed by atoms with E-state index in [0.717, 1.165) is 34.4 Å². The Morgan fingerprint density at radius 3 is 2.86 bits per heavy atom. The fourth-order valence-electron chi connectivity index (χ4n) is 2.18. The highest BCUT2D eigenvalue weighted by molar-refractivity contribution is 9.10. The van der Waals surface area contributed by atoms with Crippen LogP contribution in [0.1, 0.15) is 30.6 Å². The van der Waals surface area contributed by atoms with Crippen LogP contribution in [-0.4, -0.2) is 18.6 Å². The van der Waals surface area contributed by atoms with Crippen LogP contribution in [0.25, 0.3) is 0 Å². The van der Waals surface area contributed by atoms with E-state index in [1.165, 1.54) is 0 Å². The summed E-state index contributed by atoms with van der Waals surface area (Å²) in [4.78, 5) is 4.50. The molecule has 0 aliphatic heterocycles. The first kappa shape index (κ1) is 16.3. The first-order valence-electron chi connectivity index (χ1n) is 6.84. The second-order valence-electron chi connectivity index (χ2n) is 4.64. The van der Waals surface area contributed by atoms with Gasteiger partial charge >= 0.3 is 0 Å². The van der Waals surface area contributed by atoms with E-state index in [2.05, 4.69) is 33.2 Å². The van der Waals surface area contributed by atoms with Crippen molar-refractivity contribution in [1.82, 2.24) is 10.3 Å². The smallest absolute Gasteiger partial charge is 0.124 e. The minimum absolute atomic E-state index is 0.0748. The molecule has 3 nitrogen and oxygen atoms in total. The fraction of sp³-hybridized carbons (Fsp3) is 0.312. The Balaban J connectivity index is 2.50. The van der Waals surface area contributed by atoms with Crippen molar-refractivity contribution in [2.24, 2.45) is 0 Å². The predicted molar refractivity (Wildman–Crippen MR) is 90.1 cm³/mol. The number of rotatable bonds is 6. The van der Waals surface area contributed by atoms with Crippen molar-refractivity contribution in [3.05, 3.63) is 57.3 Å². The molecule has 1 aromatic carbocycles. The fourth-order valence-corrected chi connectivity index (χ4v) is 2.85. The molecule has 1 unspecified atom stereocenters. The molecule has 2 rings (SSSR count). The average Bonchev–Trinajstić information content (AvgIpc) is 2.49. The number of pyridine rings is 1.